The molecule has 1 atom stereocenters. The lowest BCUT2D eigenvalue weighted by Crippen LogP contribution is -2.63. The van der Waals surface area contributed by atoms with Crippen molar-refractivity contribution >= 4 is 5.96 Å². The van der Waals surface area contributed by atoms with Gasteiger partial charge in [0, 0.05) is 64.5 Å². The van der Waals surface area contributed by atoms with Crippen LogP contribution in [0.3, 0.4) is 0 Å². The number of aryl methyl sites for hydroxylation is 1. The van der Waals surface area contributed by atoms with E-state index in [1.165, 1.54) is 56.7 Å². The van der Waals surface area contributed by atoms with Gasteiger partial charge < -0.3 is 15.4 Å². The number of nitrogens with zero attached hydrogens (tertiary/aromatic N) is 3. The summed E-state index contributed by atoms with van der Waals surface area (Å²) in [7, 11) is 1.84. The number of hydrogen-bond donors (Lipinski definition) is 2. The van der Waals surface area contributed by atoms with Crippen molar-refractivity contribution in [3.8, 4) is 5.75 Å². The van der Waals surface area contributed by atoms with E-state index in [9.17, 15) is 0 Å². The van der Waals surface area contributed by atoms with Crippen LogP contribution in [0.2, 0.25) is 0 Å². The fourth-order valence-electron chi connectivity index (χ4n) is 3.97. The van der Waals surface area contributed by atoms with Crippen LogP contribution in [0.15, 0.2) is 23.2 Å². The van der Waals surface area contributed by atoms with E-state index in [1.54, 1.807) is 0 Å². The Labute approximate surface area is 163 Å². The molecule has 3 saturated heterocycles. The van der Waals surface area contributed by atoms with Crippen LogP contribution in [-0.4, -0.2) is 74.7 Å². The van der Waals surface area contributed by atoms with Crippen LogP contribution in [0, 0.1) is 12.8 Å². The van der Waals surface area contributed by atoms with Gasteiger partial charge in [0.2, 0.25) is 0 Å². The predicted molar refractivity (Wildman–Crippen MR) is 109 cm³/mol. The maximum Gasteiger partial charge on any atom is 0.191 e. The maximum absolute atomic E-state index is 6.08. The first-order chi connectivity index (χ1) is 13.2. The molecule has 6 nitrogen and oxygen atoms in total. The van der Waals surface area contributed by atoms with Crippen molar-refractivity contribution in [3.63, 3.8) is 0 Å². The molecular weight excluding hydrogens is 338 g/mol. The summed E-state index contributed by atoms with van der Waals surface area (Å²) < 4.78 is 6.08. The highest BCUT2D eigenvalue weighted by atomic mass is 16.5. The Kier molecular flexibility index (Phi) is 5.83. The molecule has 148 valence electrons. The number of nitrogens with one attached hydrogen (secondary N) is 2. The van der Waals surface area contributed by atoms with E-state index >= 15 is 0 Å². The summed E-state index contributed by atoms with van der Waals surface area (Å²) in [6.07, 6.45) is 2.62. The van der Waals surface area contributed by atoms with Gasteiger partial charge in [0.05, 0.1) is 6.61 Å². The van der Waals surface area contributed by atoms with E-state index in [4.69, 9.17) is 4.74 Å². The molecule has 0 amide bonds. The first kappa shape index (κ1) is 18.6. The standard InChI is InChI=1S/C21H33N5O/c1-16-3-6-18(20(11-16)27-15-17-4-5-17)12-23-21(22-2)24-13-19-14-25-7-9-26(19)10-8-25/h3,6,11,17,19H,4-5,7-10,12-15H2,1-2H3,(H2,22,23,24). The summed E-state index contributed by atoms with van der Waals surface area (Å²) in [6, 6.07) is 7.05. The third kappa shape index (κ3) is 4.93. The third-order valence-electron chi connectivity index (χ3n) is 5.96. The van der Waals surface area contributed by atoms with E-state index in [1.807, 2.05) is 7.05 Å². The molecule has 2 bridgehead atoms. The largest absolute Gasteiger partial charge is 0.493 e. The minimum Gasteiger partial charge on any atom is -0.493 e. The average molecular weight is 372 g/mol. The van der Waals surface area contributed by atoms with Gasteiger partial charge in [-0.1, -0.05) is 12.1 Å². The van der Waals surface area contributed by atoms with Crippen LogP contribution in [0.4, 0.5) is 0 Å². The lowest BCUT2D eigenvalue weighted by molar-refractivity contribution is 0.0154. The second-order valence-electron chi connectivity index (χ2n) is 8.16. The molecule has 1 aliphatic carbocycles. The van der Waals surface area contributed by atoms with Crippen LogP contribution in [-0.2, 0) is 6.54 Å². The van der Waals surface area contributed by atoms with Gasteiger partial charge in [0.1, 0.15) is 5.75 Å². The predicted octanol–water partition coefficient (Wildman–Crippen LogP) is 1.45. The molecule has 0 radical (unpaired) electrons. The van der Waals surface area contributed by atoms with E-state index in [0.29, 0.717) is 6.04 Å². The molecule has 0 aromatic heterocycles. The topological polar surface area (TPSA) is 52.1 Å². The molecule has 1 aromatic rings. The lowest BCUT2D eigenvalue weighted by Gasteiger charge is -2.47. The molecule has 4 fully saturated rings. The minimum atomic E-state index is 0.586. The average Bonchev–Trinajstić information content (AvgIpc) is 3.53. The van der Waals surface area contributed by atoms with Crippen molar-refractivity contribution in [1.29, 1.82) is 0 Å². The Morgan fingerprint density at radius 3 is 2.67 bits per heavy atom. The van der Waals surface area contributed by atoms with Gasteiger partial charge in [-0.05, 0) is 37.3 Å². The monoisotopic (exact) mass is 371 g/mol. The second-order valence-corrected chi connectivity index (χ2v) is 8.16. The second kappa shape index (κ2) is 8.48. The fourth-order valence-corrected chi connectivity index (χ4v) is 3.97. The Hall–Kier alpha value is -1.79. The Balaban J connectivity index is 1.29. The molecule has 4 aliphatic rings. The van der Waals surface area contributed by atoms with Crippen molar-refractivity contribution in [1.82, 2.24) is 20.4 Å². The molecule has 1 saturated carbocycles. The zero-order valence-corrected chi connectivity index (χ0v) is 16.7. The number of guanidine groups is 1. The molecule has 3 heterocycles. The van der Waals surface area contributed by atoms with Crippen molar-refractivity contribution in [2.75, 3.05) is 52.9 Å². The number of hydrogen-bond acceptors (Lipinski definition) is 4. The van der Waals surface area contributed by atoms with Gasteiger partial charge in [-0.25, -0.2) is 0 Å². The van der Waals surface area contributed by atoms with Crippen molar-refractivity contribution < 1.29 is 4.74 Å². The number of piperazine rings is 3. The Morgan fingerprint density at radius 1 is 1.19 bits per heavy atom. The highest BCUT2D eigenvalue weighted by molar-refractivity contribution is 5.79. The van der Waals surface area contributed by atoms with Gasteiger partial charge in [0.15, 0.2) is 5.96 Å². The van der Waals surface area contributed by atoms with Crippen molar-refractivity contribution in [2.45, 2.75) is 32.4 Å². The highest BCUT2D eigenvalue weighted by Gasteiger charge is 2.31. The number of fused-ring (bicyclic) bond motifs is 3. The summed E-state index contributed by atoms with van der Waals surface area (Å²) in [5.74, 6) is 2.63. The summed E-state index contributed by atoms with van der Waals surface area (Å²) in [5, 5.41) is 6.97. The van der Waals surface area contributed by atoms with Crippen LogP contribution in [0.1, 0.15) is 24.0 Å². The maximum atomic E-state index is 6.08. The Bertz CT molecular complexity index is 665. The van der Waals surface area contributed by atoms with Gasteiger partial charge in [0.25, 0.3) is 0 Å². The summed E-state index contributed by atoms with van der Waals surface area (Å²) in [4.78, 5) is 9.57. The summed E-state index contributed by atoms with van der Waals surface area (Å²) in [6.45, 7) is 10.6. The third-order valence-corrected chi connectivity index (χ3v) is 5.96. The van der Waals surface area contributed by atoms with E-state index in [2.05, 4.69) is 50.5 Å². The van der Waals surface area contributed by atoms with Crippen molar-refractivity contribution in [3.05, 3.63) is 29.3 Å². The van der Waals surface area contributed by atoms with Crippen molar-refractivity contribution in [2.24, 2.45) is 10.9 Å². The Morgan fingerprint density at radius 2 is 2.00 bits per heavy atom. The molecule has 27 heavy (non-hydrogen) atoms. The van der Waals surface area contributed by atoms with Gasteiger partial charge in [-0.2, -0.15) is 0 Å². The van der Waals surface area contributed by atoms with Crippen LogP contribution >= 0.6 is 0 Å². The minimum absolute atomic E-state index is 0.586. The van der Waals surface area contributed by atoms with Crippen LogP contribution < -0.4 is 15.4 Å². The first-order valence-electron chi connectivity index (χ1n) is 10.3. The number of aliphatic imine (C=N–C) groups is 1. The number of rotatable bonds is 7. The SMILES string of the molecule is CN=C(NCc1ccc(C)cc1OCC1CC1)NCC1CN2CCN1CC2. The zero-order chi connectivity index (χ0) is 18.6. The zero-order valence-electron chi connectivity index (χ0n) is 16.7. The smallest absolute Gasteiger partial charge is 0.191 e. The molecule has 5 rings (SSSR count). The lowest BCUT2D eigenvalue weighted by atomic mass is 10.1. The van der Waals surface area contributed by atoms with Gasteiger partial charge in [-0.3, -0.25) is 14.8 Å². The van der Waals surface area contributed by atoms with Gasteiger partial charge >= 0.3 is 0 Å². The van der Waals surface area contributed by atoms with Crippen LogP contribution in [0.5, 0.6) is 5.75 Å². The molecule has 6 heteroatoms. The molecule has 2 N–H and O–H groups in total. The summed E-state index contributed by atoms with van der Waals surface area (Å²) >= 11 is 0. The number of benzene rings is 1. The molecule has 0 spiro atoms. The molecule has 1 aromatic carbocycles. The fraction of sp³-hybridized carbons (Fsp3) is 0.667. The summed E-state index contributed by atoms with van der Waals surface area (Å²) in [5.41, 5.74) is 2.43. The van der Waals surface area contributed by atoms with E-state index in [-0.39, 0.29) is 0 Å². The normalized spacial score (nSPS) is 27.5. The molecule has 1 unspecified atom stereocenters. The first-order valence-corrected chi connectivity index (χ1v) is 10.3. The highest BCUT2D eigenvalue weighted by Crippen LogP contribution is 2.30. The van der Waals surface area contributed by atoms with E-state index in [0.717, 1.165) is 37.3 Å². The number of ether oxygens (including phenoxy) is 1. The van der Waals surface area contributed by atoms with Crippen LogP contribution in [0.25, 0.3) is 0 Å². The quantitative estimate of drug-likeness (QED) is 0.561. The van der Waals surface area contributed by atoms with E-state index < -0.39 is 0 Å². The van der Waals surface area contributed by atoms with Gasteiger partial charge in [-0.15, -0.1) is 0 Å². The molecular formula is C21H33N5O. The molecule has 3 aliphatic heterocycles.